The molecule has 2 fully saturated rings. The fourth-order valence-electron chi connectivity index (χ4n) is 3.40. The molecule has 1 atom stereocenters. The summed E-state index contributed by atoms with van der Waals surface area (Å²) in [5.74, 6) is 0.921. The molecule has 3 nitrogen and oxygen atoms in total. The van der Waals surface area contributed by atoms with Crippen molar-refractivity contribution in [3.63, 3.8) is 0 Å². The van der Waals surface area contributed by atoms with Gasteiger partial charge >= 0.3 is 0 Å². The molecule has 2 heterocycles. The van der Waals surface area contributed by atoms with Gasteiger partial charge in [0, 0.05) is 6.04 Å². The second-order valence-corrected chi connectivity index (χ2v) is 5.93. The summed E-state index contributed by atoms with van der Waals surface area (Å²) >= 11 is 0. The summed E-state index contributed by atoms with van der Waals surface area (Å²) < 4.78 is 0. The monoisotopic (exact) mass is 239 g/mol. The molecule has 0 radical (unpaired) electrons. The summed E-state index contributed by atoms with van der Waals surface area (Å²) in [4.78, 5) is 5.26. The van der Waals surface area contributed by atoms with E-state index in [-0.39, 0.29) is 0 Å². The van der Waals surface area contributed by atoms with Crippen LogP contribution in [-0.2, 0) is 0 Å². The highest BCUT2D eigenvalue weighted by Crippen LogP contribution is 2.23. The molecular weight excluding hydrogens is 210 g/mol. The van der Waals surface area contributed by atoms with Crippen molar-refractivity contribution in [2.24, 2.45) is 5.92 Å². The molecule has 2 aliphatic heterocycles. The molecule has 0 aromatic rings. The van der Waals surface area contributed by atoms with Crippen LogP contribution >= 0.6 is 0 Å². The van der Waals surface area contributed by atoms with E-state index in [2.05, 4.69) is 29.2 Å². The lowest BCUT2D eigenvalue weighted by atomic mass is 9.94. The smallest absolute Gasteiger partial charge is 0.0108 e. The maximum atomic E-state index is 3.32. The molecule has 0 aromatic carbocycles. The van der Waals surface area contributed by atoms with Gasteiger partial charge in [-0.05, 0) is 84.8 Å². The molecule has 2 rings (SSSR count). The lowest BCUT2D eigenvalue weighted by Gasteiger charge is -2.37. The number of nitrogens with zero attached hydrogens (tertiary/aromatic N) is 2. The summed E-state index contributed by atoms with van der Waals surface area (Å²) in [5, 5.41) is 3.32. The van der Waals surface area contributed by atoms with Crippen molar-refractivity contribution in [1.29, 1.82) is 0 Å². The Balaban J connectivity index is 1.75. The van der Waals surface area contributed by atoms with Gasteiger partial charge < -0.3 is 15.1 Å². The van der Waals surface area contributed by atoms with Crippen molar-refractivity contribution >= 4 is 0 Å². The Morgan fingerprint density at radius 2 is 1.76 bits per heavy atom. The highest BCUT2D eigenvalue weighted by atomic mass is 15.2. The normalized spacial score (nSPS) is 30.4. The molecule has 17 heavy (non-hydrogen) atoms. The van der Waals surface area contributed by atoms with Gasteiger partial charge in [0.25, 0.3) is 0 Å². The molecule has 0 amide bonds. The van der Waals surface area contributed by atoms with Crippen LogP contribution in [-0.4, -0.2) is 62.7 Å². The number of rotatable bonds is 3. The van der Waals surface area contributed by atoms with Crippen molar-refractivity contribution < 1.29 is 0 Å². The van der Waals surface area contributed by atoms with E-state index in [1.807, 2.05) is 0 Å². The molecule has 100 valence electrons. The van der Waals surface area contributed by atoms with Crippen molar-refractivity contribution in [3.8, 4) is 0 Å². The maximum absolute atomic E-state index is 3.32. The largest absolute Gasteiger partial charge is 0.319 e. The second kappa shape index (κ2) is 6.72. The number of piperidine rings is 1. The Morgan fingerprint density at radius 3 is 2.47 bits per heavy atom. The number of nitrogens with one attached hydrogen (secondary N) is 1. The third-order valence-corrected chi connectivity index (χ3v) is 4.58. The molecule has 2 saturated heterocycles. The van der Waals surface area contributed by atoms with Gasteiger partial charge in [0.15, 0.2) is 0 Å². The quantitative estimate of drug-likeness (QED) is 0.803. The number of hydrogen-bond acceptors (Lipinski definition) is 3. The van der Waals surface area contributed by atoms with E-state index in [0.717, 1.165) is 12.0 Å². The second-order valence-electron chi connectivity index (χ2n) is 5.93. The van der Waals surface area contributed by atoms with Crippen molar-refractivity contribution in [2.45, 2.75) is 38.1 Å². The lowest BCUT2D eigenvalue weighted by molar-refractivity contribution is 0.121. The van der Waals surface area contributed by atoms with Gasteiger partial charge in [-0.3, -0.25) is 0 Å². The zero-order valence-corrected chi connectivity index (χ0v) is 11.6. The summed E-state index contributed by atoms with van der Waals surface area (Å²) in [6.07, 6.45) is 6.98. The van der Waals surface area contributed by atoms with E-state index in [4.69, 9.17) is 0 Å². The van der Waals surface area contributed by atoms with Crippen LogP contribution in [0.25, 0.3) is 0 Å². The predicted octanol–water partition coefficient (Wildman–Crippen LogP) is 1.40. The van der Waals surface area contributed by atoms with Crippen LogP contribution in [0.15, 0.2) is 0 Å². The van der Waals surface area contributed by atoms with Crippen molar-refractivity contribution in [1.82, 2.24) is 15.1 Å². The third kappa shape index (κ3) is 3.94. The Bertz CT molecular complexity index is 212. The average Bonchev–Trinajstić information content (AvgIpc) is 2.56. The summed E-state index contributed by atoms with van der Waals surface area (Å²) in [7, 11) is 4.34. The van der Waals surface area contributed by atoms with E-state index >= 15 is 0 Å². The summed E-state index contributed by atoms with van der Waals surface area (Å²) in [6.45, 7) is 6.47. The molecule has 0 aromatic heterocycles. The van der Waals surface area contributed by atoms with E-state index in [0.29, 0.717) is 0 Å². The van der Waals surface area contributed by atoms with Gasteiger partial charge in [-0.1, -0.05) is 0 Å². The zero-order chi connectivity index (χ0) is 12.1. The van der Waals surface area contributed by atoms with E-state index in [9.17, 15) is 0 Å². The number of hydrogen-bond donors (Lipinski definition) is 1. The number of likely N-dealkylation sites (tertiary alicyclic amines) is 2. The highest BCUT2D eigenvalue weighted by Gasteiger charge is 2.25. The molecule has 0 saturated carbocycles. The van der Waals surface area contributed by atoms with Gasteiger partial charge in [-0.25, -0.2) is 0 Å². The maximum Gasteiger partial charge on any atom is 0.0108 e. The van der Waals surface area contributed by atoms with E-state index in [1.54, 1.807) is 0 Å². The predicted molar refractivity (Wildman–Crippen MR) is 73.4 cm³/mol. The Hall–Kier alpha value is -0.120. The highest BCUT2D eigenvalue weighted by molar-refractivity contribution is 4.81. The first-order chi connectivity index (χ1) is 8.29. The Morgan fingerprint density at radius 1 is 1.00 bits per heavy atom. The standard InChI is InChI=1S/C14H29N3/c1-15-12-13-5-10-17(11-6-13)14-4-3-8-16(2)9-7-14/h13-15H,3-12H2,1-2H3. The molecule has 1 N–H and O–H groups in total. The molecule has 2 aliphatic rings. The van der Waals surface area contributed by atoms with Gasteiger partial charge in [0.05, 0.1) is 0 Å². The van der Waals surface area contributed by atoms with E-state index < -0.39 is 0 Å². The minimum atomic E-state index is 0.871. The SMILES string of the molecule is CNCC1CCN(C2CCCN(C)CC2)CC1. The first kappa shape index (κ1) is 13.3. The van der Waals surface area contributed by atoms with Crippen LogP contribution in [0.5, 0.6) is 0 Å². The van der Waals surface area contributed by atoms with Gasteiger partial charge in [0.2, 0.25) is 0 Å². The average molecular weight is 239 g/mol. The first-order valence-corrected chi connectivity index (χ1v) is 7.37. The Labute approximate surface area is 107 Å². The van der Waals surface area contributed by atoms with Crippen LogP contribution < -0.4 is 5.32 Å². The minimum Gasteiger partial charge on any atom is -0.319 e. The van der Waals surface area contributed by atoms with Crippen LogP contribution in [0.3, 0.4) is 0 Å². The van der Waals surface area contributed by atoms with Crippen LogP contribution in [0.2, 0.25) is 0 Å². The molecule has 1 unspecified atom stereocenters. The van der Waals surface area contributed by atoms with Gasteiger partial charge in [0.1, 0.15) is 0 Å². The lowest BCUT2D eigenvalue weighted by Crippen LogP contribution is -2.43. The van der Waals surface area contributed by atoms with Crippen LogP contribution in [0, 0.1) is 5.92 Å². The van der Waals surface area contributed by atoms with Crippen LogP contribution in [0.1, 0.15) is 32.1 Å². The molecular formula is C14H29N3. The molecule has 0 spiro atoms. The minimum absolute atomic E-state index is 0.871. The van der Waals surface area contributed by atoms with Crippen LogP contribution in [0.4, 0.5) is 0 Å². The van der Waals surface area contributed by atoms with Gasteiger partial charge in [-0.2, -0.15) is 0 Å². The zero-order valence-electron chi connectivity index (χ0n) is 11.6. The van der Waals surface area contributed by atoms with Crippen molar-refractivity contribution in [2.75, 3.05) is 46.8 Å². The van der Waals surface area contributed by atoms with Gasteiger partial charge in [-0.15, -0.1) is 0 Å². The fourth-order valence-corrected chi connectivity index (χ4v) is 3.40. The third-order valence-electron chi connectivity index (χ3n) is 4.58. The van der Waals surface area contributed by atoms with Crippen molar-refractivity contribution in [3.05, 3.63) is 0 Å². The molecule has 0 bridgehead atoms. The first-order valence-electron chi connectivity index (χ1n) is 7.37. The Kier molecular flexibility index (Phi) is 5.26. The molecule has 3 heteroatoms. The summed E-state index contributed by atoms with van der Waals surface area (Å²) in [5.41, 5.74) is 0. The fraction of sp³-hybridized carbons (Fsp3) is 1.00. The summed E-state index contributed by atoms with van der Waals surface area (Å²) in [6, 6.07) is 0.871. The van der Waals surface area contributed by atoms with E-state index in [1.165, 1.54) is 64.8 Å². The topological polar surface area (TPSA) is 18.5 Å². The molecule has 0 aliphatic carbocycles.